The van der Waals surface area contributed by atoms with Gasteiger partial charge in [0.05, 0.1) is 11.2 Å². The predicted molar refractivity (Wildman–Crippen MR) is 80.5 cm³/mol. The molecular formula is C16H19ClN2. The number of nitrogens with zero attached hydrogens (tertiary/aromatic N) is 2. The van der Waals surface area contributed by atoms with E-state index in [1.807, 2.05) is 6.07 Å². The molecule has 1 unspecified atom stereocenters. The Labute approximate surface area is 119 Å². The molecule has 2 aromatic rings. The number of hydrogen-bond donors (Lipinski definition) is 0. The summed E-state index contributed by atoms with van der Waals surface area (Å²) in [5.41, 5.74) is 2.27. The minimum atomic E-state index is 0.776. The Morgan fingerprint density at radius 1 is 1.21 bits per heavy atom. The van der Waals surface area contributed by atoms with Gasteiger partial charge in [0.1, 0.15) is 0 Å². The molecule has 100 valence electrons. The normalized spacial score (nSPS) is 20.2. The Morgan fingerprint density at radius 2 is 2.11 bits per heavy atom. The third-order valence-electron chi connectivity index (χ3n) is 3.93. The van der Waals surface area contributed by atoms with E-state index in [1.165, 1.54) is 30.6 Å². The maximum absolute atomic E-state index is 5.82. The van der Waals surface area contributed by atoms with Gasteiger partial charge in [0.2, 0.25) is 0 Å². The van der Waals surface area contributed by atoms with E-state index in [9.17, 15) is 0 Å². The van der Waals surface area contributed by atoms with Crippen LogP contribution < -0.4 is 0 Å². The van der Waals surface area contributed by atoms with Gasteiger partial charge in [-0.15, -0.1) is 11.6 Å². The minimum Gasteiger partial charge on any atom is -0.297 e. The highest BCUT2D eigenvalue weighted by Crippen LogP contribution is 2.22. The summed E-state index contributed by atoms with van der Waals surface area (Å²) in [7, 11) is 0. The minimum absolute atomic E-state index is 0.776. The third-order valence-corrected chi connectivity index (χ3v) is 4.15. The monoisotopic (exact) mass is 274 g/mol. The van der Waals surface area contributed by atoms with Crippen LogP contribution in [0.4, 0.5) is 0 Å². The quantitative estimate of drug-likeness (QED) is 0.791. The molecule has 1 aromatic carbocycles. The number of fused-ring (bicyclic) bond motifs is 1. The number of aromatic nitrogens is 1. The number of hydrogen-bond acceptors (Lipinski definition) is 2. The maximum Gasteiger partial charge on any atom is 0.0705 e. The lowest BCUT2D eigenvalue weighted by Crippen LogP contribution is -2.20. The van der Waals surface area contributed by atoms with E-state index in [-0.39, 0.29) is 0 Å². The van der Waals surface area contributed by atoms with Gasteiger partial charge in [-0.25, -0.2) is 0 Å². The molecule has 2 heterocycles. The zero-order valence-electron chi connectivity index (χ0n) is 11.1. The average molecular weight is 275 g/mol. The Balaban J connectivity index is 1.68. The average Bonchev–Trinajstić information content (AvgIpc) is 2.86. The molecule has 0 saturated carbocycles. The lowest BCUT2D eigenvalue weighted by atomic mass is 10.1. The summed E-state index contributed by atoms with van der Waals surface area (Å²) >= 11 is 5.82. The van der Waals surface area contributed by atoms with Crippen molar-refractivity contribution >= 4 is 22.5 Å². The molecule has 3 heteroatoms. The van der Waals surface area contributed by atoms with Crippen LogP contribution in [0, 0.1) is 5.92 Å². The second kappa shape index (κ2) is 5.89. The molecule has 1 aliphatic rings. The third kappa shape index (κ3) is 3.07. The number of benzene rings is 1. The largest absolute Gasteiger partial charge is 0.297 e. The summed E-state index contributed by atoms with van der Waals surface area (Å²) < 4.78 is 0. The summed E-state index contributed by atoms with van der Waals surface area (Å²) in [5, 5.41) is 1.22. The number of alkyl halides is 1. The van der Waals surface area contributed by atoms with Gasteiger partial charge >= 0.3 is 0 Å². The van der Waals surface area contributed by atoms with Crippen molar-refractivity contribution in [3.63, 3.8) is 0 Å². The first-order valence-electron chi connectivity index (χ1n) is 6.98. The van der Waals surface area contributed by atoms with Gasteiger partial charge in [0.25, 0.3) is 0 Å². The van der Waals surface area contributed by atoms with E-state index in [4.69, 9.17) is 16.6 Å². The topological polar surface area (TPSA) is 16.1 Å². The zero-order chi connectivity index (χ0) is 13.1. The Kier molecular flexibility index (Phi) is 4.00. The van der Waals surface area contributed by atoms with Crippen molar-refractivity contribution in [2.24, 2.45) is 5.92 Å². The molecule has 0 aliphatic carbocycles. The van der Waals surface area contributed by atoms with Crippen molar-refractivity contribution in [3.8, 4) is 0 Å². The van der Waals surface area contributed by atoms with Crippen LogP contribution in [0.5, 0.6) is 0 Å². The molecule has 1 atom stereocenters. The Morgan fingerprint density at radius 3 is 3.00 bits per heavy atom. The van der Waals surface area contributed by atoms with Crippen LogP contribution in [-0.2, 0) is 6.54 Å². The van der Waals surface area contributed by atoms with Gasteiger partial charge in [-0.2, -0.15) is 0 Å². The number of para-hydroxylation sites is 1. The summed E-state index contributed by atoms with van der Waals surface area (Å²) in [4.78, 5) is 7.24. The van der Waals surface area contributed by atoms with E-state index in [1.54, 1.807) is 0 Å². The van der Waals surface area contributed by atoms with Crippen molar-refractivity contribution in [1.82, 2.24) is 9.88 Å². The summed E-state index contributed by atoms with van der Waals surface area (Å²) in [6.07, 6.45) is 2.42. The number of halogens is 1. The molecule has 1 saturated heterocycles. The van der Waals surface area contributed by atoms with E-state index in [0.717, 1.165) is 30.3 Å². The van der Waals surface area contributed by atoms with Gasteiger partial charge in [-0.05, 0) is 37.4 Å². The summed E-state index contributed by atoms with van der Waals surface area (Å²) in [5.74, 6) is 1.56. The molecule has 0 amide bonds. The fraction of sp³-hybridized carbons (Fsp3) is 0.438. The van der Waals surface area contributed by atoms with E-state index in [2.05, 4.69) is 35.2 Å². The lowest BCUT2D eigenvalue weighted by Gasteiger charge is -2.15. The van der Waals surface area contributed by atoms with Crippen molar-refractivity contribution in [2.75, 3.05) is 19.0 Å². The fourth-order valence-electron chi connectivity index (χ4n) is 2.87. The maximum atomic E-state index is 5.82. The molecule has 1 fully saturated rings. The van der Waals surface area contributed by atoms with E-state index >= 15 is 0 Å². The van der Waals surface area contributed by atoms with Gasteiger partial charge < -0.3 is 0 Å². The second-order valence-electron chi connectivity index (χ2n) is 5.36. The fourth-order valence-corrected chi connectivity index (χ4v) is 3.18. The van der Waals surface area contributed by atoms with Gasteiger partial charge in [0, 0.05) is 24.4 Å². The standard InChI is InChI=1S/C16H19ClN2/c17-9-7-13-8-10-19(11-13)12-15-6-5-14-3-1-2-4-16(14)18-15/h1-6,13H,7-12H2. The van der Waals surface area contributed by atoms with Crippen molar-refractivity contribution < 1.29 is 0 Å². The van der Waals surface area contributed by atoms with Crippen LogP contribution >= 0.6 is 11.6 Å². The lowest BCUT2D eigenvalue weighted by molar-refractivity contribution is 0.312. The highest BCUT2D eigenvalue weighted by molar-refractivity contribution is 6.17. The Bertz CT molecular complexity index is 555. The zero-order valence-corrected chi connectivity index (χ0v) is 11.8. The van der Waals surface area contributed by atoms with E-state index < -0.39 is 0 Å². The number of pyridine rings is 1. The van der Waals surface area contributed by atoms with Crippen LogP contribution in [-0.4, -0.2) is 28.9 Å². The summed E-state index contributed by atoms with van der Waals surface area (Å²) in [6.45, 7) is 3.31. The SMILES string of the molecule is ClCCC1CCN(Cc2ccc3ccccc3n2)C1. The predicted octanol–water partition coefficient (Wildman–Crippen LogP) is 3.69. The van der Waals surface area contributed by atoms with Crippen LogP contribution in [0.25, 0.3) is 10.9 Å². The molecule has 0 radical (unpaired) electrons. The summed E-state index contributed by atoms with van der Waals surface area (Å²) in [6, 6.07) is 12.6. The first-order chi connectivity index (χ1) is 9.35. The van der Waals surface area contributed by atoms with Crippen LogP contribution in [0.15, 0.2) is 36.4 Å². The van der Waals surface area contributed by atoms with Gasteiger partial charge in [-0.1, -0.05) is 24.3 Å². The first kappa shape index (κ1) is 12.9. The highest BCUT2D eigenvalue weighted by atomic mass is 35.5. The van der Waals surface area contributed by atoms with Gasteiger partial charge in [0.15, 0.2) is 0 Å². The van der Waals surface area contributed by atoms with Crippen LogP contribution in [0.1, 0.15) is 18.5 Å². The van der Waals surface area contributed by atoms with Crippen molar-refractivity contribution in [3.05, 3.63) is 42.1 Å². The van der Waals surface area contributed by atoms with Crippen molar-refractivity contribution in [2.45, 2.75) is 19.4 Å². The molecule has 0 bridgehead atoms. The molecule has 0 N–H and O–H groups in total. The molecule has 2 nitrogen and oxygen atoms in total. The first-order valence-corrected chi connectivity index (χ1v) is 7.51. The number of rotatable bonds is 4. The van der Waals surface area contributed by atoms with Crippen molar-refractivity contribution in [1.29, 1.82) is 0 Å². The molecular weight excluding hydrogens is 256 g/mol. The molecule has 1 aromatic heterocycles. The second-order valence-corrected chi connectivity index (χ2v) is 5.74. The Hall–Kier alpha value is -1.12. The molecule has 19 heavy (non-hydrogen) atoms. The van der Waals surface area contributed by atoms with Gasteiger partial charge in [-0.3, -0.25) is 9.88 Å². The highest BCUT2D eigenvalue weighted by Gasteiger charge is 2.22. The van der Waals surface area contributed by atoms with Crippen LogP contribution in [0.3, 0.4) is 0 Å². The smallest absolute Gasteiger partial charge is 0.0705 e. The number of likely N-dealkylation sites (tertiary alicyclic amines) is 1. The molecule has 0 spiro atoms. The van der Waals surface area contributed by atoms with Crippen LogP contribution in [0.2, 0.25) is 0 Å². The van der Waals surface area contributed by atoms with E-state index in [0.29, 0.717) is 0 Å². The molecule has 3 rings (SSSR count). The molecule has 1 aliphatic heterocycles.